The van der Waals surface area contributed by atoms with Gasteiger partial charge < -0.3 is 4.57 Å². The summed E-state index contributed by atoms with van der Waals surface area (Å²) in [5.41, 5.74) is 13.5. The highest BCUT2D eigenvalue weighted by molar-refractivity contribution is 6.23. The zero-order valence-electron chi connectivity index (χ0n) is 33.1. The lowest BCUT2D eigenvalue weighted by Gasteiger charge is -2.13. The molecule has 0 aliphatic carbocycles. The quantitative estimate of drug-likeness (QED) is 0.158. The predicted molar refractivity (Wildman–Crippen MR) is 254 cm³/mol. The third-order valence-corrected chi connectivity index (χ3v) is 12.0. The van der Waals surface area contributed by atoms with Crippen LogP contribution in [0.1, 0.15) is 0 Å². The van der Waals surface area contributed by atoms with E-state index in [0.717, 1.165) is 94.2 Å². The summed E-state index contributed by atoms with van der Waals surface area (Å²) in [6.07, 6.45) is 0. The molecular weight excluding hydrogens is 741 g/mol. The molecule has 0 radical (unpaired) electrons. The fourth-order valence-corrected chi connectivity index (χ4v) is 9.11. The first kappa shape index (κ1) is 34.8. The van der Waals surface area contributed by atoms with Crippen LogP contribution in [0.15, 0.2) is 218 Å². The predicted octanol–water partition coefficient (Wildman–Crippen LogP) is 14.8. The molecule has 0 bridgehead atoms. The first-order chi connectivity index (χ1) is 30.2. The topological polar surface area (TPSA) is 43.6 Å². The van der Waals surface area contributed by atoms with E-state index in [1.807, 2.05) is 18.2 Å². The molecule has 0 saturated heterocycles. The Morgan fingerprint density at radius 2 is 0.934 bits per heavy atom. The summed E-state index contributed by atoms with van der Waals surface area (Å²) in [5.74, 6) is 0.700. The average Bonchev–Trinajstić information content (AvgIpc) is 3.68. The normalized spacial score (nSPS) is 11.6. The summed E-state index contributed by atoms with van der Waals surface area (Å²) in [5, 5.41) is 8.16. The fraction of sp³-hybridized carbons (Fsp3) is 0. The third kappa shape index (κ3) is 5.88. The molecule has 3 aromatic heterocycles. The number of hydrogen-bond donors (Lipinski definition) is 0. The van der Waals surface area contributed by atoms with Crippen molar-refractivity contribution in [2.75, 3.05) is 0 Å². The van der Waals surface area contributed by atoms with Crippen molar-refractivity contribution in [2.24, 2.45) is 0 Å². The molecule has 9 aromatic carbocycles. The Morgan fingerprint density at radius 3 is 1.75 bits per heavy atom. The van der Waals surface area contributed by atoms with Crippen molar-refractivity contribution in [3.05, 3.63) is 218 Å². The zero-order chi connectivity index (χ0) is 40.3. The van der Waals surface area contributed by atoms with Gasteiger partial charge in [0.15, 0.2) is 5.82 Å². The lowest BCUT2D eigenvalue weighted by Crippen LogP contribution is -1.97. The summed E-state index contributed by atoms with van der Waals surface area (Å²) >= 11 is 0. The largest absolute Gasteiger partial charge is 0.307 e. The standard InChI is InChI=1S/C57H36N4/c1-4-17-38(18-5-1)54-47-28-13-12-27-45(47)48-31-32-49-50-35-41(30-33-53(50)61(56(49)55(48)60-54)43-24-8-3-9-25-43)40-22-14-23-42(34-40)51-36-52(59-57(58-51)39-19-6-2-7-20-39)46-29-15-21-37-16-10-11-26-44(37)46/h1-36H. The fourth-order valence-electron chi connectivity index (χ4n) is 9.11. The van der Waals surface area contributed by atoms with E-state index in [4.69, 9.17) is 15.0 Å². The molecule has 61 heavy (non-hydrogen) atoms. The molecule has 0 atom stereocenters. The molecule has 12 rings (SSSR count). The second kappa shape index (κ2) is 14.3. The lowest BCUT2D eigenvalue weighted by molar-refractivity contribution is 1.18. The summed E-state index contributed by atoms with van der Waals surface area (Å²) < 4.78 is 2.39. The highest BCUT2D eigenvalue weighted by Gasteiger charge is 2.20. The van der Waals surface area contributed by atoms with Gasteiger partial charge >= 0.3 is 0 Å². The average molecular weight is 777 g/mol. The minimum absolute atomic E-state index is 0.700. The van der Waals surface area contributed by atoms with Crippen LogP contribution in [0.3, 0.4) is 0 Å². The summed E-state index contributed by atoms with van der Waals surface area (Å²) in [7, 11) is 0. The molecule has 0 aliphatic heterocycles. The molecule has 0 N–H and O–H groups in total. The second-order valence-corrected chi connectivity index (χ2v) is 15.6. The Morgan fingerprint density at radius 1 is 0.328 bits per heavy atom. The molecule has 4 heteroatoms. The maximum Gasteiger partial charge on any atom is 0.160 e. The van der Waals surface area contributed by atoms with Crippen molar-refractivity contribution < 1.29 is 0 Å². The Hall–Kier alpha value is -8.21. The van der Waals surface area contributed by atoms with Gasteiger partial charge in [-0.3, -0.25) is 0 Å². The van der Waals surface area contributed by atoms with E-state index >= 15 is 0 Å². The Balaban J connectivity index is 1.06. The van der Waals surface area contributed by atoms with Crippen molar-refractivity contribution in [1.29, 1.82) is 0 Å². The molecule has 0 saturated carbocycles. The first-order valence-corrected chi connectivity index (χ1v) is 20.7. The lowest BCUT2D eigenvalue weighted by atomic mass is 9.97. The van der Waals surface area contributed by atoms with Gasteiger partial charge in [0.1, 0.15) is 0 Å². The van der Waals surface area contributed by atoms with Crippen molar-refractivity contribution >= 4 is 54.3 Å². The van der Waals surface area contributed by atoms with Crippen molar-refractivity contribution in [2.45, 2.75) is 0 Å². The SMILES string of the molecule is c1ccc(-c2nc(-c3cccc(-c4ccc5c(c4)c4ccc6c7ccccc7c(-c7ccccc7)nc6c4n5-c4ccccc4)c3)cc(-c3cccc4ccccc34)n2)cc1. The molecule has 0 aliphatic rings. The van der Waals surface area contributed by atoms with Gasteiger partial charge in [-0.15, -0.1) is 0 Å². The Labute approximate surface area is 352 Å². The van der Waals surface area contributed by atoms with E-state index in [1.165, 1.54) is 16.2 Å². The van der Waals surface area contributed by atoms with Crippen LogP contribution >= 0.6 is 0 Å². The van der Waals surface area contributed by atoms with E-state index in [9.17, 15) is 0 Å². The van der Waals surface area contributed by atoms with Crippen LogP contribution in [-0.2, 0) is 0 Å². The first-order valence-electron chi connectivity index (χ1n) is 20.7. The number of rotatable bonds is 6. The molecule has 0 amide bonds. The molecular formula is C57H36N4. The van der Waals surface area contributed by atoms with Crippen LogP contribution in [0.4, 0.5) is 0 Å². The van der Waals surface area contributed by atoms with Crippen LogP contribution in [0.25, 0.3) is 116 Å². The number of aromatic nitrogens is 4. The Bertz CT molecular complexity index is 3630. The maximum atomic E-state index is 5.55. The molecule has 284 valence electrons. The molecule has 0 spiro atoms. The molecule has 0 unspecified atom stereocenters. The van der Waals surface area contributed by atoms with Crippen LogP contribution in [0, 0.1) is 0 Å². The Kier molecular flexibility index (Phi) is 8.13. The van der Waals surface area contributed by atoms with E-state index in [0.29, 0.717) is 5.82 Å². The van der Waals surface area contributed by atoms with E-state index in [1.54, 1.807) is 0 Å². The monoisotopic (exact) mass is 776 g/mol. The number of fused-ring (bicyclic) bond motifs is 8. The van der Waals surface area contributed by atoms with Crippen molar-refractivity contribution in [3.63, 3.8) is 0 Å². The van der Waals surface area contributed by atoms with Gasteiger partial charge in [-0.2, -0.15) is 0 Å². The zero-order valence-corrected chi connectivity index (χ0v) is 33.1. The third-order valence-electron chi connectivity index (χ3n) is 12.0. The van der Waals surface area contributed by atoms with E-state index in [-0.39, 0.29) is 0 Å². The molecule has 4 nitrogen and oxygen atoms in total. The smallest absolute Gasteiger partial charge is 0.160 e. The van der Waals surface area contributed by atoms with Gasteiger partial charge in [-0.05, 0) is 63.7 Å². The summed E-state index contributed by atoms with van der Waals surface area (Å²) in [6.45, 7) is 0. The highest BCUT2D eigenvalue weighted by Crippen LogP contribution is 2.42. The van der Waals surface area contributed by atoms with Gasteiger partial charge in [0.2, 0.25) is 0 Å². The van der Waals surface area contributed by atoms with Gasteiger partial charge in [0.05, 0.1) is 33.6 Å². The summed E-state index contributed by atoms with van der Waals surface area (Å²) in [4.78, 5) is 15.9. The van der Waals surface area contributed by atoms with Gasteiger partial charge in [-0.25, -0.2) is 15.0 Å². The van der Waals surface area contributed by atoms with Gasteiger partial charge in [0, 0.05) is 49.5 Å². The molecule has 3 heterocycles. The van der Waals surface area contributed by atoms with E-state index < -0.39 is 0 Å². The van der Waals surface area contributed by atoms with Gasteiger partial charge in [0.25, 0.3) is 0 Å². The highest BCUT2D eigenvalue weighted by atomic mass is 15.0. The molecule has 0 fully saturated rings. The van der Waals surface area contributed by atoms with E-state index in [2.05, 4.69) is 205 Å². The maximum absolute atomic E-state index is 5.55. The van der Waals surface area contributed by atoms with Crippen LogP contribution in [0.2, 0.25) is 0 Å². The number of hydrogen-bond acceptors (Lipinski definition) is 3. The molecule has 12 aromatic rings. The number of pyridine rings is 1. The van der Waals surface area contributed by atoms with Crippen LogP contribution in [-0.4, -0.2) is 19.5 Å². The minimum atomic E-state index is 0.700. The summed E-state index contributed by atoms with van der Waals surface area (Å²) in [6, 6.07) is 77.3. The number of para-hydroxylation sites is 1. The minimum Gasteiger partial charge on any atom is -0.307 e. The van der Waals surface area contributed by atoms with Crippen LogP contribution in [0.5, 0.6) is 0 Å². The second-order valence-electron chi connectivity index (χ2n) is 15.6. The van der Waals surface area contributed by atoms with Crippen molar-refractivity contribution in [3.8, 4) is 62.0 Å². The van der Waals surface area contributed by atoms with Crippen molar-refractivity contribution in [1.82, 2.24) is 19.5 Å². The number of nitrogens with zero attached hydrogens (tertiary/aromatic N) is 4. The number of benzene rings is 9. The van der Waals surface area contributed by atoms with Gasteiger partial charge in [-0.1, -0.05) is 182 Å². The van der Waals surface area contributed by atoms with Crippen LogP contribution < -0.4 is 0 Å².